The molecule has 0 saturated carbocycles. The zero-order valence-electron chi connectivity index (χ0n) is 9.43. The number of likely N-dealkylation sites (N-methyl/N-ethyl adjacent to an activating group) is 1. The standard InChI is InChI=1S/C11H15N3S2/c1-3-12-9(6-10-13-4-5-15-10)11-8(2)14-7-16-11/h4-5,7,9,12H,3,6H2,1-2H3. The summed E-state index contributed by atoms with van der Waals surface area (Å²) in [5, 5.41) is 6.71. The third kappa shape index (κ3) is 2.66. The fraction of sp³-hybridized carbons (Fsp3) is 0.455. The van der Waals surface area contributed by atoms with Gasteiger partial charge in [-0.15, -0.1) is 22.7 Å². The first-order chi connectivity index (χ1) is 7.81. The van der Waals surface area contributed by atoms with Gasteiger partial charge >= 0.3 is 0 Å². The van der Waals surface area contributed by atoms with Gasteiger partial charge in [-0.2, -0.15) is 0 Å². The Bertz CT molecular complexity index is 422. The van der Waals surface area contributed by atoms with Crippen molar-refractivity contribution in [1.82, 2.24) is 15.3 Å². The van der Waals surface area contributed by atoms with Gasteiger partial charge in [0.15, 0.2) is 0 Å². The molecule has 0 bridgehead atoms. The lowest BCUT2D eigenvalue weighted by molar-refractivity contribution is 0.553. The molecule has 0 amide bonds. The van der Waals surface area contributed by atoms with E-state index in [1.807, 2.05) is 17.1 Å². The molecular formula is C11H15N3S2. The van der Waals surface area contributed by atoms with E-state index in [0.29, 0.717) is 6.04 Å². The number of rotatable bonds is 5. The lowest BCUT2D eigenvalue weighted by atomic mass is 10.1. The topological polar surface area (TPSA) is 37.8 Å². The van der Waals surface area contributed by atoms with Crippen LogP contribution in [0.5, 0.6) is 0 Å². The lowest BCUT2D eigenvalue weighted by Gasteiger charge is -2.15. The average Bonchev–Trinajstić information content (AvgIpc) is 2.88. The Balaban J connectivity index is 2.14. The second-order valence-electron chi connectivity index (χ2n) is 3.54. The van der Waals surface area contributed by atoms with Gasteiger partial charge in [-0.3, -0.25) is 0 Å². The lowest BCUT2D eigenvalue weighted by Crippen LogP contribution is -2.22. The Kier molecular flexibility index (Phi) is 4.04. The third-order valence-corrected chi connectivity index (χ3v) is 4.26. The van der Waals surface area contributed by atoms with E-state index in [1.54, 1.807) is 22.7 Å². The molecule has 0 aromatic carbocycles. The largest absolute Gasteiger partial charge is 0.309 e. The monoisotopic (exact) mass is 253 g/mol. The minimum Gasteiger partial charge on any atom is -0.309 e. The van der Waals surface area contributed by atoms with Crippen molar-refractivity contribution in [3.05, 3.63) is 32.7 Å². The van der Waals surface area contributed by atoms with Gasteiger partial charge in [-0.1, -0.05) is 6.92 Å². The van der Waals surface area contributed by atoms with E-state index in [4.69, 9.17) is 0 Å². The summed E-state index contributed by atoms with van der Waals surface area (Å²) in [5.74, 6) is 0. The summed E-state index contributed by atoms with van der Waals surface area (Å²) in [6, 6.07) is 0.351. The number of hydrogen-bond donors (Lipinski definition) is 1. The molecule has 1 unspecified atom stereocenters. The van der Waals surface area contributed by atoms with Crippen LogP contribution in [-0.4, -0.2) is 16.5 Å². The molecule has 86 valence electrons. The Hall–Kier alpha value is -0.780. The number of nitrogens with one attached hydrogen (secondary N) is 1. The van der Waals surface area contributed by atoms with Crippen LogP contribution in [0.3, 0.4) is 0 Å². The highest BCUT2D eigenvalue weighted by atomic mass is 32.1. The number of aromatic nitrogens is 2. The van der Waals surface area contributed by atoms with Crippen LogP contribution in [0.15, 0.2) is 17.1 Å². The van der Waals surface area contributed by atoms with E-state index in [1.165, 1.54) is 9.88 Å². The molecule has 3 nitrogen and oxygen atoms in total. The van der Waals surface area contributed by atoms with E-state index in [2.05, 4.69) is 29.1 Å². The highest BCUT2D eigenvalue weighted by Gasteiger charge is 2.16. The zero-order chi connectivity index (χ0) is 11.4. The molecule has 2 aromatic heterocycles. The fourth-order valence-corrected chi connectivity index (χ4v) is 3.22. The predicted octanol–water partition coefficient (Wildman–Crippen LogP) is 2.80. The minimum absolute atomic E-state index is 0.351. The number of thiazole rings is 2. The van der Waals surface area contributed by atoms with Crippen molar-refractivity contribution in [2.24, 2.45) is 0 Å². The number of nitrogens with zero attached hydrogens (tertiary/aromatic N) is 2. The van der Waals surface area contributed by atoms with Crippen molar-refractivity contribution in [1.29, 1.82) is 0 Å². The van der Waals surface area contributed by atoms with Gasteiger partial charge in [-0.05, 0) is 13.5 Å². The molecule has 0 fully saturated rings. The maximum atomic E-state index is 4.34. The summed E-state index contributed by atoms with van der Waals surface area (Å²) in [6.45, 7) is 5.16. The van der Waals surface area contributed by atoms with Crippen LogP contribution < -0.4 is 5.32 Å². The molecule has 5 heteroatoms. The molecule has 0 radical (unpaired) electrons. The quantitative estimate of drug-likeness (QED) is 0.890. The Morgan fingerprint density at radius 1 is 1.38 bits per heavy atom. The van der Waals surface area contributed by atoms with Gasteiger partial charge in [0.05, 0.1) is 16.2 Å². The normalized spacial score (nSPS) is 12.9. The van der Waals surface area contributed by atoms with Gasteiger partial charge in [0.25, 0.3) is 0 Å². The summed E-state index contributed by atoms with van der Waals surface area (Å²) in [5.41, 5.74) is 3.05. The first-order valence-corrected chi connectivity index (χ1v) is 7.09. The van der Waals surface area contributed by atoms with E-state index < -0.39 is 0 Å². The van der Waals surface area contributed by atoms with Crippen LogP contribution >= 0.6 is 22.7 Å². The number of aryl methyl sites for hydroxylation is 1. The SMILES string of the molecule is CCNC(Cc1nccs1)c1scnc1C. The summed E-state index contributed by atoms with van der Waals surface area (Å²) < 4.78 is 0. The van der Waals surface area contributed by atoms with Crippen LogP contribution in [0, 0.1) is 6.92 Å². The van der Waals surface area contributed by atoms with Crippen molar-refractivity contribution in [2.45, 2.75) is 26.3 Å². The van der Waals surface area contributed by atoms with Gasteiger partial charge in [-0.25, -0.2) is 9.97 Å². The fourth-order valence-electron chi connectivity index (χ4n) is 1.68. The highest BCUT2D eigenvalue weighted by molar-refractivity contribution is 7.10. The summed E-state index contributed by atoms with van der Waals surface area (Å²) >= 11 is 3.44. The first kappa shape index (κ1) is 11.7. The van der Waals surface area contributed by atoms with Gasteiger partial charge in [0.1, 0.15) is 0 Å². The molecule has 0 spiro atoms. The Morgan fingerprint density at radius 3 is 2.81 bits per heavy atom. The van der Waals surface area contributed by atoms with Crippen molar-refractivity contribution < 1.29 is 0 Å². The second kappa shape index (κ2) is 5.52. The van der Waals surface area contributed by atoms with Crippen molar-refractivity contribution in [2.75, 3.05) is 6.54 Å². The molecule has 0 aliphatic rings. The van der Waals surface area contributed by atoms with Crippen LogP contribution in [0.4, 0.5) is 0 Å². The molecule has 1 N–H and O–H groups in total. The van der Waals surface area contributed by atoms with Crippen LogP contribution in [0.2, 0.25) is 0 Å². The van der Waals surface area contributed by atoms with E-state index >= 15 is 0 Å². The summed E-state index contributed by atoms with van der Waals surface area (Å²) in [6.07, 6.45) is 2.82. The molecule has 2 rings (SSSR count). The van der Waals surface area contributed by atoms with Crippen molar-refractivity contribution >= 4 is 22.7 Å². The zero-order valence-corrected chi connectivity index (χ0v) is 11.1. The summed E-state index contributed by atoms with van der Waals surface area (Å²) in [7, 11) is 0. The average molecular weight is 253 g/mol. The maximum absolute atomic E-state index is 4.34. The van der Waals surface area contributed by atoms with Crippen LogP contribution in [-0.2, 0) is 6.42 Å². The molecule has 0 saturated heterocycles. The van der Waals surface area contributed by atoms with Crippen molar-refractivity contribution in [3.8, 4) is 0 Å². The van der Waals surface area contributed by atoms with Crippen LogP contribution in [0.25, 0.3) is 0 Å². The molecule has 0 aliphatic heterocycles. The second-order valence-corrected chi connectivity index (χ2v) is 5.41. The first-order valence-electron chi connectivity index (χ1n) is 5.33. The number of hydrogen-bond acceptors (Lipinski definition) is 5. The van der Waals surface area contributed by atoms with Crippen molar-refractivity contribution in [3.63, 3.8) is 0 Å². The van der Waals surface area contributed by atoms with Gasteiger partial charge in [0.2, 0.25) is 0 Å². The Labute approximate surface area is 104 Å². The molecule has 1 atom stereocenters. The Morgan fingerprint density at radius 2 is 2.25 bits per heavy atom. The highest BCUT2D eigenvalue weighted by Crippen LogP contribution is 2.25. The van der Waals surface area contributed by atoms with E-state index in [9.17, 15) is 0 Å². The van der Waals surface area contributed by atoms with Crippen LogP contribution in [0.1, 0.15) is 28.5 Å². The maximum Gasteiger partial charge on any atom is 0.0944 e. The molecule has 0 aliphatic carbocycles. The molecule has 2 heterocycles. The predicted molar refractivity (Wildman–Crippen MR) is 69.1 cm³/mol. The third-order valence-electron chi connectivity index (χ3n) is 2.41. The van der Waals surface area contributed by atoms with E-state index in [0.717, 1.165) is 18.7 Å². The molecule has 2 aromatic rings. The molecular weight excluding hydrogens is 238 g/mol. The van der Waals surface area contributed by atoms with Gasteiger partial charge < -0.3 is 5.32 Å². The van der Waals surface area contributed by atoms with Gasteiger partial charge in [0, 0.05) is 28.9 Å². The minimum atomic E-state index is 0.351. The summed E-state index contributed by atoms with van der Waals surface area (Å²) in [4.78, 5) is 9.98. The smallest absolute Gasteiger partial charge is 0.0944 e. The van der Waals surface area contributed by atoms with E-state index in [-0.39, 0.29) is 0 Å². The molecule has 16 heavy (non-hydrogen) atoms.